The number of likely N-dealkylation sites (tertiary alicyclic amines) is 1. The Kier molecular flexibility index (Phi) is 5.38. The van der Waals surface area contributed by atoms with Crippen molar-refractivity contribution < 1.29 is 9.90 Å². The Morgan fingerprint density at radius 2 is 1.87 bits per heavy atom. The van der Waals surface area contributed by atoms with Gasteiger partial charge in [-0.15, -0.1) is 0 Å². The van der Waals surface area contributed by atoms with Crippen molar-refractivity contribution in [1.29, 1.82) is 0 Å². The summed E-state index contributed by atoms with van der Waals surface area (Å²) in [6.07, 6.45) is 1.22. The number of para-hydroxylation sites is 2. The zero-order valence-electron chi connectivity index (χ0n) is 18.0. The summed E-state index contributed by atoms with van der Waals surface area (Å²) in [5.41, 5.74) is 0.103. The highest BCUT2D eigenvalue weighted by molar-refractivity contribution is 5.79. The Labute approximate surface area is 179 Å². The van der Waals surface area contributed by atoms with Gasteiger partial charge in [0.1, 0.15) is 0 Å². The first kappa shape index (κ1) is 21.2. The number of benzene rings is 1. The van der Waals surface area contributed by atoms with Crippen molar-refractivity contribution in [3.8, 4) is 11.5 Å². The number of H-pyrrole nitrogens is 1. The van der Waals surface area contributed by atoms with Gasteiger partial charge in [-0.05, 0) is 43.5 Å². The lowest BCUT2D eigenvalue weighted by atomic mass is 9.85. The summed E-state index contributed by atoms with van der Waals surface area (Å²) >= 11 is 0. The van der Waals surface area contributed by atoms with Crippen LogP contribution in [0.2, 0.25) is 0 Å². The smallest absolute Gasteiger partial charge is 0.349 e. The number of aromatic amines is 1. The normalized spacial score (nSPS) is 17.3. The molecule has 0 aromatic heterocycles. The number of carboxylic acids is 1. The van der Waals surface area contributed by atoms with E-state index in [1.807, 2.05) is 28.8 Å². The highest BCUT2D eigenvalue weighted by Gasteiger charge is 2.34. The van der Waals surface area contributed by atoms with Gasteiger partial charge >= 0.3 is 11.7 Å². The van der Waals surface area contributed by atoms with Crippen LogP contribution in [0.5, 0.6) is 0 Å². The third-order valence-corrected chi connectivity index (χ3v) is 6.14. The third-order valence-electron chi connectivity index (χ3n) is 6.14. The predicted octanol–water partition coefficient (Wildman–Crippen LogP) is 1.97. The van der Waals surface area contributed by atoms with Crippen molar-refractivity contribution >= 4 is 17.0 Å². The Balaban J connectivity index is 1.85. The number of hydrogen-bond donors (Lipinski definition) is 2. The largest absolute Gasteiger partial charge is 0.481 e. The minimum absolute atomic E-state index is 0.127. The van der Waals surface area contributed by atoms with E-state index in [-0.39, 0.29) is 28.9 Å². The van der Waals surface area contributed by atoms with E-state index in [0.29, 0.717) is 38.0 Å². The summed E-state index contributed by atoms with van der Waals surface area (Å²) in [7, 11) is 0. The van der Waals surface area contributed by atoms with Crippen LogP contribution < -0.4 is 11.2 Å². The fourth-order valence-electron chi connectivity index (χ4n) is 4.37. The molecule has 4 rings (SSSR count). The average molecular weight is 425 g/mol. The first-order valence-electron chi connectivity index (χ1n) is 10.5. The molecule has 0 radical (unpaired) electrons. The molecular weight excluding hydrogens is 398 g/mol. The second kappa shape index (κ2) is 7.88. The van der Waals surface area contributed by atoms with Crippen LogP contribution in [0.3, 0.4) is 0 Å². The van der Waals surface area contributed by atoms with Crippen LogP contribution in [0.1, 0.15) is 39.7 Å². The standard InChI is InChI=1S/C22H27N5O4/c1-22(2,3)16(12-26-10-8-13(9-11-26)20(29)30)27-15-7-5-4-6-14(15)23-17-18(27)24-21(31)25-19(17)28/h4-7,13,16H,8-12H2,1-3H3,(H,29,30)(H,25,28,31). The van der Waals surface area contributed by atoms with E-state index in [1.54, 1.807) is 0 Å². The monoisotopic (exact) mass is 425 g/mol. The topological polar surface area (TPSA) is 121 Å². The van der Waals surface area contributed by atoms with E-state index >= 15 is 0 Å². The molecule has 164 valence electrons. The number of fused-ring (bicyclic) bond motifs is 2. The number of aliphatic carboxylic acids is 1. The first-order valence-corrected chi connectivity index (χ1v) is 10.5. The highest BCUT2D eigenvalue weighted by Crippen LogP contribution is 2.37. The van der Waals surface area contributed by atoms with Crippen molar-refractivity contribution in [3.63, 3.8) is 0 Å². The Bertz CT molecular complexity index is 1200. The van der Waals surface area contributed by atoms with E-state index in [2.05, 4.69) is 40.6 Å². The number of aromatic nitrogens is 4. The molecule has 0 saturated carbocycles. The molecule has 0 spiro atoms. The van der Waals surface area contributed by atoms with E-state index in [4.69, 9.17) is 0 Å². The molecule has 1 aromatic carbocycles. The molecule has 1 aromatic rings. The molecule has 0 bridgehead atoms. The lowest BCUT2D eigenvalue weighted by Gasteiger charge is -2.40. The van der Waals surface area contributed by atoms with Crippen LogP contribution in [0, 0.1) is 11.3 Å². The van der Waals surface area contributed by atoms with Gasteiger partial charge in [-0.25, -0.2) is 9.78 Å². The number of rotatable bonds is 4. The van der Waals surface area contributed by atoms with Crippen molar-refractivity contribution in [3.05, 3.63) is 45.1 Å². The molecule has 1 saturated heterocycles. The predicted molar refractivity (Wildman–Crippen MR) is 116 cm³/mol. The van der Waals surface area contributed by atoms with Crippen molar-refractivity contribution in [2.24, 2.45) is 11.3 Å². The lowest BCUT2D eigenvalue weighted by Crippen LogP contribution is -2.43. The Morgan fingerprint density at radius 3 is 2.52 bits per heavy atom. The van der Waals surface area contributed by atoms with Crippen molar-refractivity contribution in [2.75, 3.05) is 19.6 Å². The Hall–Kier alpha value is -3.07. The summed E-state index contributed by atoms with van der Waals surface area (Å²) in [6, 6.07) is 7.39. The van der Waals surface area contributed by atoms with Crippen molar-refractivity contribution in [2.45, 2.75) is 39.7 Å². The van der Waals surface area contributed by atoms with Gasteiger partial charge in [0.15, 0.2) is 11.5 Å². The van der Waals surface area contributed by atoms with Gasteiger partial charge in [0.25, 0.3) is 5.56 Å². The number of carbonyl (C=O) groups is 1. The summed E-state index contributed by atoms with van der Waals surface area (Å²) in [6.45, 7) is 8.35. The van der Waals surface area contributed by atoms with Gasteiger partial charge in [0.2, 0.25) is 0 Å². The summed E-state index contributed by atoms with van der Waals surface area (Å²) in [4.78, 5) is 49.0. The highest BCUT2D eigenvalue weighted by atomic mass is 16.4. The molecule has 1 atom stereocenters. The summed E-state index contributed by atoms with van der Waals surface area (Å²) in [5, 5.41) is 9.30. The van der Waals surface area contributed by atoms with Crippen LogP contribution in [-0.4, -0.2) is 55.1 Å². The SMILES string of the molecule is CC(C)(C)C(CN1CCC(C(=O)O)CC1)n1c2nc(=O)[nH]c(=O)c-2nc2ccccc21. The van der Waals surface area contributed by atoms with Gasteiger partial charge < -0.3 is 14.6 Å². The molecule has 31 heavy (non-hydrogen) atoms. The molecule has 2 N–H and O–H groups in total. The second-order valence-corrected chi connectivity index (χ2v) is 9.31. The first-order chi connectivity index (χ1) is 14.6. The molecule has 3 heterocycles. The van der Waals surface area contributed by atoms with Gasteiger partial charge in [-0.3, -0.25) is 14.6 Å². The van der Waals surface area contributed by atoms with E-state index in [9.17, 15) is 19.5 Å². The summed E-state index contributed by atoms with van der Waals surface area (Å²) in [5.74, 6) is -0.769. The fourth-order valence-corrected chi connectivity index (χ4v) is 4.37. The molecule has 9 heteroatoms. The number of carboxylic acid groups (broad SMARTS) is 1. The van der Waals surface area contributed by atoms with E-state index in [1.165, 1.54) is 0 Å². The molecular formula is C22H27N5O4. The van der Waals surface area contributed by atoms with Crippen LogP contribution in [0.15, 0.2) is 33.9 Å². The molecule has 0 amide bonds. The average Bonchev–Trinajstić information content (AvgIpc) is 2.70. The zero-order chi connectivity index (χ0) is 22.3. The molecule has 1 fully saturated rings. The third kappa shape index (κ3) is 4.10. The number of nitrogens with one attached hydrogen (secondary N) is 1. The van der Waals surface area contributed by atoms with Crippen LogP contribution in [0.4, 0.5) is 0 Å². The van der Waals surface area contributed by atoms with Gasteiger partial charge in [0.05, 0.1) is 23.0 Å². The number of hydrogen-bond acceptors (Lipinski definition) is 6. The maximum absolute atomic E-state index is 12.5. The quantitative estimate of drug-likeness (QED) is 0.613. The molecule has 3 aliphatic heterocycles. The maximum atomic E-state index is 12.5. The van der Waals surface area contributed by atoms with Crippen LogP contribution in [-0.2, 0) is 4.79 Å². The molecule has 1 unspecified atom stereocenters. The fraction of sp³-hybridized carbons (Fsp3) is 0.500. The van der Waals surface area contributed by atoms with E-state index in [0.717, 1.165) is 5.52 Å². The maximum Gasteiger partial charge on any atom is 0.349 e. The van der Waals surface area contributed by atoms with E-state index < -0.39 is 17.2 Å². The van der Waals surface area contributed by atoms with Gasteiger partial charge in [-0.2, -0.15) is 4.98 Å². The minimum atomic E-state index is -0.737. The minimum Gasteiger partial charge on any atom is -0.481 e. The molecule has 0 aliphatic carbocycles. The molecule has 9 nitrogen and oxygen atoms in total. The number of nitrogens with zero attached hydrogens (tertiary/aromatic N) is 4. The Morgan fingerprint density at radius 1 is 1.19 bits per heavy atom. The lowest BCUT2D eigenvalue weighted by molar-refractivity contribution is -0.143. The van der Waals surface area contributed by atoms with Crippen LogP contribution >= 0.6 is 0 Å². The van der Waals surface area contributed by atoms with Gasteiger partial charge in [-0.1, -0.05) is 32.9 Å². The summed E-state index contributed by atoms with van der Waals surface area (Å²) < 4.78 is 1.97. The van der Waals surface area contributed by atoms with Crippen molar-refractivity contribution in [1.82, 2.24) is 24.4 Å². The van der Waals surface area contributed by atoms with Crippen LogP contribution in [0.25, 0.3) is 22.6 Å². The second-order valence-electron chi connectivity index (χ2n) is 9.31. The zero-order valence-corrected chi connectivity index (χ0v) is 18.0. The van der Waals surface area contributed by atoms with Gasteiger partial charge in [0, 0.05) is 6.54 Å². The number of piperidine rings is 1. The molecule has 3 aliphatic rings.